The molecule has 0 aliphatic rings. The first kappa shape index (κ1) is 19.0. The molecular formula is C21H14N2O4S. The fourth-order valence-electron chi connectivity index (χ4n) is 2.63. The molecule has 0 fully saturated rings. The van der Waals surface area contributed by atoms with E-state index in [-0.39, 0.29) is 11.3 Å². The van der Waals surface area contributed by atoms with Gasteiger partial charge in [0.05, 0.1) is 17.6 Å². The Bertz CT molecular complexity index is 1130. The standard InChI is InChI=1S/C21H14N2O4S/c1-27-16-6-4-5-14(11-16)21(24)15(13-22)12-17-9-10-20(28-17)18-7-2-3-8-19(18)23(25)26/h2-12H,1H3/b15-12+. The number of hydrogen-bond donors (Lipinski definition) is 0. The Balaban J connectivity index is 1.94. The van der Waals surface area contributed by atoms with Gasteiger partial charge in [0.25, 0.3) is 5.69 Å². The lowest BCUT2D eigenvalue weighted by atomic mass is 10.0. The Morgan fingerprint density at radius 2 is 1.96 bits per heavy atom. The summed E-state index contributed by atoms with van der Waals surface area (Å²) in [5, 5.41) is 20.7. The monoisotopic (exact) mass is 390 g/mol. The first-order valence-corrected chi connectivity index (χ1v) is 8.99. The van der Waals surface area contributed by atoms with Crippen LogP contribution < -0.4 is 4.74 Å². The van der Waals surface area contributed by atoms with Crippen molar-refractivity contribution in [1.29, 1.82) is 5.26 Å². The molecule has 6 nitrogen and oxygen atoms in total. The van der Waals surface area contributed by atoms with E-state index in [0.29, 0.717) is 26.6 Å². The lowest BCUT2D eigenvalue weighted by molar-refractivity contribution is -0.384. The van der Waals surface area contributed by atoms with Gasteiger partial charge in [-0.3, -0.25) is 14.9 Å². The summed E-state index contributed by atoms with van der Waals surface area (Å²) in [5.74, 6) is 0.111. The molecule has 0 amide bonds. The second kappa shape index (κ2) is 8.29. The van der Waals surface area contributed by atoms with Crippen LogP contribution in [0.25, 0.3) is 16.5 Å². The van der Waals surface area contributed by atoms with Crippen LogP contribution in [0.5, 0.6) is 5.75 Å². The van der Waals surface area contributed by atoms with E-state index in [1.807, 2.05) is 6.07 Å². The Morgan fingerprint density at radius 3 is 2.68 bits per heavy atom. The van der Waals surface area contributed by atoms with Gasteiger partial charge < -0.3 is 4.74 Å². The number of nitro groups is 1. The lowest BCUT2D eigenvalue weighted by Crippen LogP contribution is -2.02. The normalized spacial score (nSPS) is 10.9. The quantitative estimate of drug-likeness (QED) is 0.191. The second-order valence-corrected chi connectivity index (χ2v) is 6.82. The molecule has 2 aromatic carbocycles. The molecule has 0 spiro atoms. The summed E-state index contributed by atoms with van der Waals surface area (Å²) in [6.07, 6.45) is 1.49. The zero-order chi connectivity index (χ0) is 20.1. The first-order chi connectivity index (χ1) is 13.5. The highest BCUT2D eigenvalue weighted by molar-refractivity contribution is 7.16. The van der Waals surface area contributed by atoms with E-state index in [0.717, 1.165) is 0 Å². The van der Waals surface area contributed by atoms with Crippen molar-refractivity contribution in [3.05, 3.63) is 86.8 Å². The largest absolute Gasteiger partial charge is 0.497 e. The highest BCUT2D eigenvalue weighted by atomic mass is 32.1. The van der Waals surface area contributed by atoms with E-state index in [4.69, 9.17) is 4.74 Å². The third kappa shape index (κ3) is 3.98. The number of hydrogen-bond acceptors (Lipinski definition) is 6. The van der Waals surface area contributed by atoms with Crippen molar-refractivity contribution < 1.29 is 14.5 Å². The van der Waals surface area contributed by atoms with Crippen LogP contribution in [-0.2, 0) is 0 Å². The third-order valence-corrected chi connectivity index (χ3v) is 5.04. The molecule has 0 aliphatic carbocycles. The summed E-state index contributed by atoms with van der Waals surface area (Å²) in [6, 6.07) is 18.4. The number of thiophene rings is 1. The van der Waals surface area contributed by atoms with Crippen LogP contribution in [0.4, 0.5) is 5.69 Å². The Hall–Kier alpha value is -3.76. The van der Waals surface area contributed by atoms with Gasteiger partial charge in [0.1, 0.15) is 17.4 Å². The number of nitro benzene ring substituents is 1. The van der Waals surface area contributed by atoms with E-state index in [1.165, 1.54) is 30.6 Å². The summed E-state index contributed by atoms with van der Waals surface area (Å²) in [5.41, 5.74) is 0.828. The minimum Gasteiger partial charge on any atom is -0.497 e. The van der Waals surface area contributed by atoms with Gasteiger partial charge >= 0.3 is 0 Å². The molecule has 1 heterocycles. The molecule has 138 valence electrons. The Kier molecular flexibility index (Phi) is 5.63. The number of rotatable bonds is 6. The van der Waals surface area contributed by atoms with Gasteiger partial charge in [0, 0.05) is 21.4 Å². The van der Waals surface area contributed by atoms with E-state index in [9.17, 15) is 20.2 Å². The number of ketones is 1. The predicted molar refractivity (Wildman–Crippen MR) is 107 cm³/mol. The van der Waals surface area contributed by atoms with Crippen molar-refractivity contribution in [3.63, 3.8) is 0 Å². The maximum Gasteiger partial charge on any atom is 0.278 e. The number of carbonyl (C=O) groups excluding carboxylic acids is 1. The third-order valence-electron chi connectivity index (χ3n) is 3.98. The summed E-state index contributed by atoms with van der Waals surface area (Å²) >= 11 is 1.27. The molecule has 3 aromatic rings. The van der Waals surface area contributed by atoms with E-state index < -0.39 is 10.7 Å². The van der Waals surface area contributed by atoms with Gasteiger partial charge in [-0.05, 0) is 36.4 Å². The van der Waals surface area contributed by atoms with Crippen molar-refractivity contribution >= 4 is 28.9 Å². The van der Waals surface area contributed by atoms with Crippen molar-refractivity contribution in [1.82, 2.24) is 0 Å². The zero-order valence-corrected chi connectivity index (χ0v) is 15.6. The van der Waals surface area contributed by atoms with Crippen molar-refractivity contribution in [2.45, 2.75) is 0 Å². The molecule has 28 heavy (non-hydrogen) atoms. The molecule has 7 heteroatoms. The molecule has 1 aromatic heterocycles. The molecule has 0 saturated carbocycles. The van der Waals surface area contributed by atoms with Gasteiger partial charge in [0.2, 0.25) is 5.78 Å². The van der Waals surface area contributed by atoms with E-state index in [2.05, 4.69) is 0 Å². The number of nitrogens with zero attached hydrogens (tertiary/aromatic N) is 2. The van der Waals surface area contributed by atoms with Crippen LogP contribution >= 0.6 is 11.3 Å². The van der Waals surface area contributed by atoms with Crippen LogP contribution in [0.15, 0.2) is 66.2 Å². The van der Waals surface area contributed by atoms with Gasteiger partial charge in [-0.2, -0.15) is 5.26 Å². The van der Waals surface area contributed by atoms with Crippen molar-refractivity contribution in [3.8, 4) is 22.3 Å². The molecule has 3 rings (SSSR count). The molecule has 0 N–H and O–H groups in total. The van der Waals surface area contributed by atoms with Gasteiger partial charge in [-0.25, -0.2) is 0 Å². The molecule has 0 aliphatic heterocycles. The fraction of sp³-hybridized carbons (Fsp3) is 0.0476. The molecule has 0 bridgehead atoms. The smallest absolute Gasteiger partial charge is 0.278 e. The van der Waals surface area contributed by atoms with Crippen LogP contribution in [-0.4, -0.2) is 17.8 Å². The number of methoxy groups -OCH3 is 1. The van der Waals surface area contributed by atoms with Gasteiger partial charge in [-0.1, -0.05) is 24.3 Å². The van der Waals surface area contributed by atoms with E-state index >= 15 is 0 Å². The summed E-state index contributed by atoms with van der Waals surface area (Å²) in [6.45, 7) is 0. The van der Waals surface area contributed by atoms with Crippen LogP contribution in [0.3, 0.4) is 0 Å². The zero-order valence-electron chi connectivity index (χ0n) is 14.8. The van der Waals surface area contributed by atoms with E-state index in [1.54, 1.807) is 54.6 Å². The summed E-state index contributed by atoms with van der Waals surface area (Å²) in [7, 11) is 1.50. The molecule has 0 unspecified atom stereocenters. The Morgan fingerprint density at radius 1 is 1.18 bits per heavy atom. The SMILES string of the molecule is COc1cccc(C(=O)/C(C#N)=C/c2ccc(-c3ccccc3[N+](=O)[O-])s2)c1. The predicted octanol–water partition coefficient (Wildman–Crippen LogP) is 5.12. The number of ether oxygens (including phenoxy) is 1. The van der Waals surface area contributed by atoms with Crippen molar-refractivity contribution in [2.75, 3.05) is 7.11 Å². The molecule has 0 saturated heterocycles. The summed E-state index contributed by atoms with van der Waals surface area (Å²) < 4.78 is 5.11. The average Bonchev–Trinajstić information content (AvgIpc) is 3.20. The van der Waals surface area contributed by atoms with Crippen LogP contribution in [0, 0.1) is 21.4 Å². The number of allylic oxidation sites excluding steroid dienone is 1. The van der Waals surface area contributed by atoms with Crippen molar-refractivity contribution in [2.24, 2.45) is 0 Å². The van der Waals surface area contributed by atoms with Gasteiger partial charge in [-0.15, -0.1) is 11.3 Å². The average molecular weight is 390 g/mol. The van der Waals surface area contributed by atoms with Crippen LogP contribution in [0.1, 0.15) is 15.2 Å². The minimum atomic E-state index is -0.433. The second-order valence-electron chi connectivity index (χ2n) is 5.71. The highest BCUT2D eigenvalue weighted by Gasteiger charge is 2.17. The molecule has 0 radical (unpaired) electrons. The maximum absolute atomic E-state index is 12.6. The fourth-order valence-corrected chi connectivity index (χ4v) is 3.61. The Labute approximate surface area is 165 Å². The summed E-state index contributed by atoms with van der Waals surface area (Å²) in [4.78, 5) is 24.8. The number of nitriles is 1. The molecular weight excluding hydrogens is 376 g/mol. The topological polar surface area (TPSA) is 93.2 Å². The first-order valence-electron chi connectivity index (χ1n) is 8.17. The highest BCUT2D eigenvalue weighted by Crippen LogP contribution is 2.35. The molecule has 0 atom stereocenters. The number of para-hydroxylation sites is 1. The number of carbonyl (C=O) groups is 1. The number of Topliss-reactive ketones (excluding diaryl/α,β-unsaturated/α-hetero) is 1. The number of benzene rings is 2. The van der Waals surface area contributed by atoms with Crippen LogP contribution in [0.2, 0.25) is 0 Å². The maximum atomic E-state index is 12.6. The lowest BCUT2D eigenvalue weighted by Gasteiger charge is -2.03. The minimum absolute atomic E-state index is 0.00726. The van der Waals surface area contributed by atoms with Gasteiger partial charge in [0.15, 0.2) is 0 Å².